The van der Waals surface area contributed by atoms with Crippen molar-refractivity contribution >= 4 is 39.3 Å². The molecule has 0 saturated carbocycles. The average molecular weight is 460 g/mol. The van der Waals surface area contributed by atoms with Crippen molar-refractivity contribution in [3.05, 3.63) is 46.0 Å². The molecule has 0 aliphatic carbocycles. The number of likely N-dealkylation sites (N-methyl/N-ethyl adjacent to an activating group) is 2. The van der Waals surface area contributed by atoms with Crippen LogP contribution in [0.25, 0.3) is 22.3 Å². The molecule has 1 unspecified atom stereocenters. The Morgan fingerprint density at radius 3 is 2.73 bits per heavy atom. The van der Waals surface area contributed by atoms with E-state index in [1.807, 2.05) is 18.2 Å². The summed E-state index contributed by atoms with van der Waals surface area (Å²) in [4.78, 5) is 14.2. The van der Waals surface area contributed by atoms with Crippen LogP contribution in [0.1, 0.15) is 6.42 Å². The van der Waals surface area contributed by atoms with E-state index < -0.39 is 0 Å². The number of hydrogen-bond acceptors (Lipinski definition) is 5. The number of fused-ring (bicyclic) bond motifs is 1. The maximum atomic E-state index is 10.3. The standard InChI is InChI=1S/C20H21IN4O/c1-24-10-9-14(12-24)25(2)20-15-8-7-13(21)11-17(15)22-19(23-20)16-5-3-4-6-18(16)26/h3-8,11,14,26H,9-10,12H2,1-2H3. The molecule has 1 fully saturated rings. The van der Waals surface area contributed by atoms with Crippen LogP contribution in [0.5, 0.6) is 5.75 Å². The van der Waals surface area contributed by atoms with Crippen molar-refractivity contribution in [3.63, 3.8) is 0 Å². The highest BCUT2D eigenvalue weighted by molar-refractivity contribution is 14.1. The van der Waals surface area contributed by atoms with Gasteiger partial charge in [0.1, 0.15) is 11.6 Å². The van der Waals surface area contributed by atoms with Gasteiger partial charge in [0.15, 0.2) is 5.82 Å². The number of phenols is 1. The molecule has 0 bridgehead atoms. The molecule has 1 N–H and O–H groups in total. The van der Waals surface area contributed by atoms with Gasteiger partial charge in [-0.05, 0) is 72.9 Å². The minimum atomic E-state index is 0.201. The number of para-hydroxylation sites is 1. The van der Waals surface area contributed by atoms with E-state index in [0.29, 0.717) is 17.4 Å². The Balaban J connectivity index is 1.89. The third-order valence-corrected chi connectivity index (χ3v) is 5.70. The summed E-state index contributed by atoms with van der Waals surface area (Å²) < 4.78 is 1.13. The van der Waals surface area contributed by atoms with Crippen molar-refractivity contribution in [1.82, 2.24) is 14.9 Å². The van der Waals surface area contributed by atoms with Gasteiger partial charge in [-0.1, -0.05) is 12.1 Å². The minimum Gasteiger partial charge on any atom is -0.507 e. The largest absolute Gasteiger partial charge is 0.507 e. The zero-order chi connectivity index (χ0) is 18.3. The number of anilines is 1. The van der Waals surface area contributed by atoms with Gasteiger partial charge in [-0.25, -0.2) is 9.97 Å². The highest BCUT2D eigenvalue weighted by Crippen LogP contribution is 2.33. The third kappa shape index (κ3) is 3.23. The maximum absolute atomic E-state index is 10.3. The number of likely N-dealkylation sites (tertiary alicyclic amines) is 1. The van der Waals surface area contributed by atoms with E-state index >= 15 is 0 Å². The number of aromatic hydroxyl groups is 1. The van der Waals surface area contributed by atoms with Crippen molar-refractivity contribution in [2.75, 3.05) is 32.1 Å². The van der Waals surface area contributed by atoms with E-state index in [1.165, 1.54) is 0 Å². The SMILES string of the molecule is CN1CCC(N(C)c2nc(-c3ccccc3O)nc3cc(I)ccc23)C1. The molecule has 2 aromatic carbocycles. The van der Waals surface area contributed by atoms with Gasteiger partial charge in [-0.2, -0.15) is 0 Å². The predicted octanol–water partition coefficient (Wildman–Crippen LogP) is 3.75. The molecule has 2 heterocycles. The first-order chi connectivity index (χ1) is 12.5. The number of benzene rings is 2. The lowest BCUT2D eigenvalue weighted by molar-refractivity contribution is 0.409. The zero-order valence-corrected chi connectivity index (χ0v) is 17.0. The monoisotopic (exact) mass is 460 g/mol. The molecule has 5 nitrogen and oxygen atoms in total. The summed E-state index contributed by atoms with van der Waals surface area (Å²) in [7, 11) is 4.26. The van der Waals surface area contributed by atoms with Gasteiger partial charge in [0, 0.05) is 28.6 Å². The molecule has 1 atom stereocenters. The smallest absolute Gasteiger partial charge is 0.165 e. The second kappa shape index (κ2) is 7.00. The Labute approximate surface area is 166 Å². The van der Waals surface area contributed by atoms with Crippen molar-refractivity contribution in [1.29, 1.82) is 0 Å². The molecule has 4 rings (SSSR count). The summed E-state index contributed by atoms with van der Waals surface area (Å²) >= 11 is 2.30. The fraction of sp³-hybridized carbons (Fsp3) is 0.300. The molecule has 1 aliphatic rings. The molecule has 6 heteroatoms. The van der Waals surface area contributed by atoms with Crippen molar-refractivity contribution in [2.24, 2.45) is 0 Å². The predicted molar refractivity (Wildman–Crippen MR) is 114 cm³/mol. The second-order valence-electron chi connectivity index (χ2n) is 6.87. The second-order valence-corrected chi connectivity index (χ2v) is 8.11. The van der Waals surface area contributed by atoms with Gasteiger partial charge in [-0.3, -0.25) is 0 Å². The molecule has 0 radical (unpaired) electrons. The van der Waals surface area contributed by atoms with E-state index in [0.717, 1.165) is 39.8 Å². The van der Waals surface area contributed by atoms with Crippen LogP contribution in [0.4, 0.5) is 5.82 Å². The number of halogens is 1. The van der Waals surface area contributed by atoms with Gasteiger partial charge < -0.3 is 14.9 Å². The zero-order valence-electron chi connectivity index (χ0n) is 14.9. The lowest BCUT2D eigenvalue weighted by Gasteiger charge is -2.27. The van der Waals surface area contributed by atoms with Gasteiger partial charge >= 0.3 is 0 Å². The first kappa shape index (κ1) is 17.5. The van der Waals surface area contributed by atoms with E-state index in [2.05, 4.69) is 64.7 Å². The van der Waals surface area contributed by atoms with Crippen LogP contribution in [0.2, 0.25) is 0 Å². The quantitative estimate of drug-likeness (QED) is 0.604. The third-order valence-electron chi connectivity index (χ3n) is 5.03. The summed E-state index contributed by atoms with van der Waals surface area (Å²) in [6.07, 6.45) is 1.12. The number of nitrogens with zero attached hydrogens (tertiary/aromatic N) is 4. The van der Waals surface area contributed by atoms with Crippen LogP contribution >= 0.6 is 22.6 Å². The first-order valence-corrected chi connectivity index (χ1v) is 9.78. The normalized spacial score (nSPS) is 17.7. The Morgan fingerprint density at radius 1 is 1.19 bits per heavy atom. The topological polar surface area (TPSA) is 52.5 Å². The van der Waals surface area contributed by atoms with Crippen molar-refractivity contribution < 1.29 is 5.11 Å². The summed E-state index contributed by atoms with van der Waals surface area (Å²) in [6.45, 7) is 2.13. The lowest BCUT2D eigenvalue weighted by Crippen LogP contribution is -2.34. The van der Waals surface area contributed by atoms with Gasteiger partial charge in [0.05, 0.1) is 11.1 Å². The Bertz CT molecular complexity index is 962. The number of phenolic OH excluding ortho intramolecular Hbond substituents is 1. The molecule has 134 valence electrons. The Hall–Kier alpha value is -1.93. The number of aromatic nitrogens is 2. The molecular formula is C20H21IN4O. The number of hydrogen-bond donors (Lipinski definition) is 1. The summed E-state index contributed by atoms with van der Waals surface area (Å²) in [5.74, 6) is 1.68. The van der Waals surface area contributed by atoms with E-state index in [4.69, 9.17) is 9.97 Å². The maximum Gasteiger partial charge on any atom is 0.165 e. The van der Waals surface area contributed by atoms with Gasteiger partial charge in [0.25, 0.3) is 0 Å². The molecule has 0 amide bonds. The molecule has 1 saturated heterocycles. The molecule has 1 aromatic heterocycles. The fourth-order valence-corrected chi connectivity index (χ4v) is 4.01. The van der Waals surface area contributed by atoms with E-state index in [9.17, 15) is 5.11 Å². The van der Waals surface area contributed by atoms with Crippen LogP contribution in [0.3, 0.4) is 0 Å². The van der Waals surface area contributed by atoms with Crippen molar-refractivity contribution in [2.45, 2.75) is 12.5 Å². The number of rotatable bonds is 3. The Kier molecular flexibility index (Phi) is 4.71. The van der Waals surface area contributed by atoms with Crippen LogP contribution in [0.15, 0.2) is 42.5 Å². The molecule has 26 heavy (non-hydrogen) atoms. The van der Waals surface area contributed by atoms with E-state index in [1.54, 1.807) is 6.07 Å². The molecular weight excluding hydrogens is 439 g/mol. The van der Waals surface area contributed by atoms with Crippen molar-refractivity contribution in [3.8, 4) is 17.1 Å². The lowest BCUT2D eigenvalue weighted by atomic mass is 10.1. The molecule has 1 aliphatic heterocycles. The fourth-order valence-electron chi connectivity index (χ4n) is 3.54. The summed E-state index contributed by atoms with van der Waals surface area (Å²) in [5.41, 5.74) is 1.56. The van der Waals surface area contributed by atoms with Crippen LogP contribution < -0.4 is 4.90 Å². The molecule has 3 aromatic rings. The van der Waals surface area contributed by atoms with Crippen LogP contribution in [-0.2, 0) is 0 Å². The average Bonchev–Trinajstić information content (AvgIpc) is 3.06. The van der Waals surface area contributed by atoms with Crippen LogP contribution in [0, 0.1) is 3.57 Å². The highest BCUT2D eigenvalue weighted by Gasteiger charge is 2.26. The Morgan fingerprint density at radius 2 is 2.00 bits per heavy atom. The first-order valence-electron chi connectivity index (χ1n) is 8.70. The molecule has 0 spiro atoms. The summed E-state index contributed by atoms with van der Waals surface area (Å²) in [6, 6.07) is 13.9. The van der Waals surface area contributed by atoms with Gasteiger partial charge in [-0.15, -0.1) is 0 Å². The summed E-state index contributed by atoms with van der Waals surface area (Å²) in [5, 5.41) is 11.3. The van der Waals surface area contributed by atoms with E-state index in [-0.39, 0.29) is 5.75 Å². The highest BCUT2D eigenvalue weighted by atomic mass is 127. The van der Waals surface area contributed by atoms with Gasteiger partial charge in [0.2, 0.25) is 0 Å². The minimum absolute atomic E-state index is 0.201. The van der Waals surface area contributed by atoms with Crippen LogP contribution in [-0.4, -0.2) is 53.2 Å².